The molecule has 1 aromatic carbocycles. The molecular weight excluding hydrogens is 288 g/mol. The number of benzene rings is 1. The Hall–Kier alpha value is -1.03. The predicted octanol–water partition coefficient (Wildman–Crippen LogP) is 4.54. The highest BCUT2D eigenvalue weighted by Crippen LogP contribution is 2.31. The molecule has 0 aliphatic carbocycles. The summed E-state index contributed by atoms with van der Waals surface area (Å²) < 4.78 is 0. The number of nitrogens with zero attached hydrogens (tertiary/aromatic N) is 1. The van der Waals surface area contributed by atoms with Crippen LogP contribution < -0.4 is 10.2 Å². The quantitative estimate of drug-likeness (QED) is 0.808. The van der Waals surface area contributed by atoms with Gasteiger partial charge in [-0.05, 0) is 36.5 Å². The molecule has 0 atom stereocenters. The van der Waals surface area contributed by atoms with Gasteiger partial charge in [0.15, 0.2) is 0 Å². The Morgan fingerprint density at radius 1 is 1.20 bits per heavy atom. The predicted molar refractivity (Wildman–Crippen MR) is 89.9 cm³/mol. The van der Waals surface area contributed by atoms with E-state index < -0.39 is 0 Å². The smallest absolute Gasteiger partial charge is 0.0643 e. The van der Waals surface area contributed by atoms with Crippen molar-refractivity contribution in [3.05, 3.63) is 51.2 Å². The molecule has 0 aliphatic rings. The van der Waals surface area contributed by atoms with Crippen molar-refractivity contribution in [2.45, 2.75) is 26.9 Å². The fourth-order valence-electron chi connectivity index (χ4n) is 2.26. The van der Waals surface area contributed by atoms with E-state index in [0.29, 0.717) is 0 Å². The van der Waals surface area contributed by atoms with Crippen molar-refractivity contribution < 1.29 is 0 Å². The molecule has 0 fully saturated rings. The van der Waals surface area contributed by atoms with Crippen LogP contribution in [0.3, 0.4) is 0 Å². The highest BCUT2D eigenvalue weighted by Gasteiger charge is 2.14. The van der Waals surface area contributed by atoms with E-state index in [1.807, 2.05) is 12.1 Å². The summed E-state index contributed by atoms with van der Waals surface area (Å²) in [4.78, 5) is 3.71. The van der Waals surface area contributed by atoms with Crippen LogP contribution in [0.2, 0.25) is 5.02 Å². The van der Waals surface area contributed by atoms with E-state index in [1.54, 1.807) is 11.3 Å². The van der Waals surface area contributed by atoms with Gasteiger partial charge in [0, 0.05) is 18.0 Å². The third-order valence-electron chi connectivity index (χ3n) is 3.26. The average molecular weight is 309 g/mol. The molecule has 20 heavy (non-hydrogen) atoms. The lowest BCUT2D eigenvalue weighted by Crippen LogP contribution is -2.24. The standard InChI is InChI=1S/C16H21ClN2S/c1-3-18-11-13-7-5-9-15(17)16(13)19(4-2)12-14-8-6-10-20-14/h5-10,18H,3-4,11-12H2,1-2H3. The van der Waals surface area contributed by atoms with Crippen molar-refractivity contribution in [2.75, 3.05) is 18.0 Å². The molecule has 0 spiro atoms. The summed E-state index contributed by atoms with van der Waals surface area (Å²) in [5.41, 5.74) is 2.42. The number of thiophene rings is 1. The van der Waals surface area contributed by atoms with Gasteiger partial charge in [0.25, 0.3) is 0 Å². The lowest BCUT2D eigenvalue weighted by Gasteiger charge is -2.26. The first-order valence-electron chi connectivity index (χ1n) is 7.01. The van der Waals surface area contributed by atoms with E-state index in [2.05, 4.69) is 47.6 Å². The van der Waals surface area contributed by atoms with Gasteiger partial charge in [-0.3, -0.25) is 0 Å². The van der Waals surface area contributed by atoms with Crippen LogP contribution in [0, 0.1) is 0 Å². The Morgan fingerprint density at radius 2 is 2.05 bits per heavy atom. The van der Waals surface area contributed by atoms with Gasteiger partial charge >= 0.3 is 0 Å². The summed E-state index contributed by atoms with van der Waals surface area (Å²) >= 11 is 8.25. The molecule has 2 rings (SSSR count). The Balaban J connectivity index is 2.27. The third kappa shape index (κ3) is 3.75. The molecule has 0 bridgehead atoms. The van der Waals surface area contributed by atoms with Crippen molar-refractivity contribution in [2.24, 2.45) is 0 Å². The average Bonchev–Trinajstić information content (AvgIpc) is 2.96. The summed E-state index contributed by atoms with van der Waals surface area (Å²) in [6.07, 6.45) is 0. The monoisotopic (exact) mass is 308 g/mol. The number of para-hydroxylation sites is 1. The number of rotatable bonds is 7. The second-order valence-electron chi connectivity index (χ2n) is 4.62. The number of nitrogens with one attached hydrogen (secondary N) is 1. The second-order valence-corrected chi connectivity index (χ2v) is 6.06. The summed E-state index contributed by atoms with van der Waals surface area (Å²) in [7, 11) is 0. The van der Waals surface area contributed by atoms with Gasteiger partial charge in [-0.2, -0.15) is 0 Å². The molecular formula is C16H21ClN2S. The van der Waals surface area contributed by atoms with Crippen molar-refractivity contribution in [1.82, 2.24) is 5.32 Å². The molecule has 0 saturated carbocycles. The molecule has 0 radical (unpaired) electrons. The zero-order valence-electron chi connectivity index (χ0n) is 12.0. The van der Waals surface area contributed by atoms with Gasteiger partial charge in [0.1, 0.15) is 0 Å². The van der Waals surface area contributed by atoms with Crippen LogP contribution in [0.1, 0.15) is 24.3 Å². The van der Waals surface area contributed by atoms with Crippen molar-refractivity contribution in [3.8, 4) is 0 Å². The summed E-state index contributed by atoms with van der Waals surface area (Å²) in [5.74, 6) is 0. The van der Waals surface area contributed by atoms with E-state index in [4.69, 9.17) is 11.6 Å². The maximum atomic E-state index is 6.46. The highest BCUT2D eigenvalue weighted by molar-refractivity contribution is 7.09. The van der Waals surface area contributed by atoms with E-state index in [0.717, 1.165) is 36.9 Å². The van der Waals surface area contributed by atoms with Crippen molar-refractivity contribution in [3.63, 3.8) is 0 Å². The van der Waals surface area contributed by atoms with Crippen LogP contribution >= 0.6 is 22.9 Å². The summed E-state index contributed by atoms with van der Waals surface area (Å²) in [5, 5.41) is 6.34. The molecule has 1 N–H and O–H groups in total. The van der Waals surface area contributed by atoms with Crippen LogP contribution in [0.4, 0.5) is 5.69 Å². The molecule has 1 heterocycles. The Labute approximate surface area is 130 Å². The van der Waals surface area contributed by atoms with Crippen LogP contribution in [-0.4, -0.2) is 13.1 Å². The molecule has 0 unspecified atom stereocenters. The second kappa shape index (κ2) is 7.67. The largest absolute Gasteiger partial charge is 0.365 e. The van der Waals surface area contributed by atoms with Crippen LogP contribution in [0.5, 0.6) is 0 Å². The summed E-state index contributed by atoms with van der Waals surface area (Å²) in [6.45, 7) is 7.97. The van der Waals surface area contributed by atoms with Gasteiger partial charge in [-0.1, -0.05) is 36.7 Å². The lowest BCUT2D eigenvalue weighted by molar-refractivity contribution is 0.719. The maximum Gasteiger partial charge on any atom is 0.0643 e. The first kappa shape index (κ1) is 15.4. The molecule has 0 saturated heterocycles. The Bertz CT molecular complexity index is 525. The van der Waals surface area contributed by atoms with Gasteiger partial charge in [0.2, 0.25) is 0 Å². The van der Waals surface area contributed by atoms with Gasteiger partial charge < -0.3 is 10.2 Å². The van der Waals surface area contributed by atoms with Gasteiger partial charge in [-0.25, -0.2) is 0 Å². The van der Waals surface area contributed by atoms with E-state index in [9.17, 15) is 0 Å². The van der Waals surface area contributed by atoms with Crippen LogP contribution in [0.15, 0.2) is 35.7 Å². The minimum absolute atomic E-state index is 0.832. The first-order chi connectivity index (χ1) is 9.76. The molecule has 108 valence electrons. The Morgan fingerprint density at radius 3 is 2.70 bits per heavy atom. The van der Waals surface area contributed by atoms with E-state index >= 15 is 0 Å². The highest BCUT2D eigenvalue weighted by atomic mass is 35.5. The molecule has 0 aliphatic heterocycles. The number of halogens is 1. The van der Waals surface area contributed by atoms with E-state index in [1.165, 1.54) is 10.4 Å². The fraction of sp³-hybridized carbons (Fsp3) is 0.375. The minimum atomic E-state index is 0.832. The zero-order valence-corrected chi connectivity index (χ0v) is 13.6. The summed E-state index contributed by atoms with van der Waals surface area (Å²) in [6, 6.07) is 10.4. The SMILES string of the molecule is CCNCc1cccc(Cl)c1N(CC)Cc1cccs1. The fourth-order valence-corrected chi connectivity index (χ4v) is 3.29. The molecule has 1 aromatic heterocycles. The normalized spacial score (nSPS) is 10.8. The molecule has 4 heteroatoms. The zero-order chi connectivity index (χ0) is 14.4. The molecule has 0 amide bonds. The van der Waals surface area contributed by atoms with E-state index in [-0.39, 0.29) is 0 Å². The van der Waals surface area contributed by atoms with Crippen molar-refractivity contribution >= 4 is 28.6 Å². The number of hydrogen-bond acceptors (Lipinski definition) is 3. The maximum absolute atomic E-state index is 6.46. The third-order valence-corrected chi connectivity index (χ3v) is 4.43. The van der Waals surface area contributed by atoms with Crippen LogP contribution in [-0.2, 0) is 13.1 Å². The van der Waals surface area contributed by atoms with Gasteiger partial charge in [-0.15, -0.1) is 11.3 Å². The van der Waals surface area contributed by atoms with Gasteiger partial charge in [0.05, 0.1) is 17.3 Å². The first-order valence-corrected chi connectivity index (χ1v) is 8.27. The number of anilines is 1. The number of hydrogen-bond donors (Lipinski definition) is 1. The Kier molecular flexibility index (Phi) is 5.89. The lowest BCUT2D eigenvalue weighted by atomic mass is 10.1. The molecule has 2 aromatic rings. The minimum Gasteiger partial charge on any atom is -0.365 e. The van der Waals surface area contributed by atoms with Crippen LogP contribution in [0.25, 0.3) is 0 Å². The molecule has 2 nitrogen and oxygen atoms in total. The van der Waals surface area contributed by atoms with Crippen molar-refractivity contribution in [1.29, 1.82) is 0 Å². The topological polar surface area (TPSA) is 15.3 Å².